The van der Waals surface area contributed by atoms with Crippen LogP contribution < -0.4 is 11.1 Å². The Morgan fingerprint density at radius 3 is 2.42 bits per heavy atom. The first-order valence-corrected chi connectivity index (χ1v) is 7.07. The van der Waals surface area contributed by atoms with E-state index in [1.165, 1.54) is 16.7 Å². The van der Waals surface area contributed by atoms with E-state index in [1.807, 2.05) is 13.1 Å². The summed E-state index contributed by atoms with van der Waals surface area (Å²) in [5.41, 5.74) is 9.55. The molecular formula is C14H18N4S. The van der Waals surface area contributed by atoms with E-state index >= 15 is 0 Å². The number of aromatic nitrogens is 2. The van der Waals surface area contributed by atoms with Gasteiger partial charge < -0.3 is 11.1 Å². The van der Waals surface area contributed by atoms with Crippen molar-refractivity contribution >= 4 is 23.5 Å². The normalized spacial score (nSPS) is 10.5. The molecule has 0 unspecified atom stereocenters. The third kappa shape index (κ3) is 3.86. The third-order valence-corrected chi connectivity index (χ3v) is 3.63. The number of aryl methyl sites for hydroxylation is 2. The molecule has 0 radical (unpaired) electrons. The highest BCUT2D eigenvalue weighted by atomic mass is 32.2. The van der Waals surface area contributed by atoms with Crippen LogP contribution in [0.25, 0.3) is 0 Å². The van der Waals surface area contributed by atoms with E-state index in [0.29, 0.717) is 5.95 Å². The summed E-state index contributed by atoms with van der Waals surface area (Å²) < 4.78 is 0. The summed E-state index contributed by atoms with van der Waals surface area (Å²) >= 11 is 1.66. The minimum atomic E-state index is 0.301. The second-order valence-corrected chi connectivity index (χ2v) is 5.48. The molecule has 0 saturated carbocycles. The Morgan fingerprint density at radius 2 is 1.79 bits per heavy atom. The van der Waals surface area contributed by atoms with Gasteiger partial charge in [-0.15, -0.1) is 11.8 Å². The Balaban J connectivity index is 2.11. The number of nitrogens with two attached hydrogens (primary N) is 1. The van der Waals surface area contributed by atoms with Crippen LogP contribution >= 0.6 is 11.8 Å². The number of thioether (sulfide) groups is 1. The van der Waals surface area contributed by atoms with E-state index in [-0.39, 0.29) is 0 Å². The molecule has 0 bridgehead atoms. The van der Waals surface area contributed by atoms with Crippen molar-refractivity contribution in [3.8, 4) is 0 Å². The predicted octanol–water partition coefficient (Wildman–Crippen LogP) is 3.01. The summed E-state index contributed by atoms with van der Waals surface area (Å²) in [5.74, 6) is 1.92. The molecule has 0 amide bonds. The van der Waals surface area contributed by atoms with Gasteiger partial charge in [-0.1, -0.05) is 29.3 Å². The van der Waals surface area contributed by atoms with Crippen molar-refractivity contribution in [3.63, 3.8) is 0 Å². The zero-order valence-corrected chi connectivity index (χ0v) is 12.2. The number of nitrogens with one attached hydrogen (secondary N) is 1. The van der Waals surface area contributed by atoms with E-state index in [1.54, 1.807) is 11.8 Å². The van der Waals surface area contributed by atoms with Crippen molar-refractivity contribution in [2.75, 3.05) is 18.1 Å². The van der Waals surface area contributed by atoms with Gasteiger partial charge in [-0.05, 0) is 19.4 Å². The molecule has 4 nitrogen and oxygen atoms in total. The Bertz CT molecular complexity index is 563. The molecule has 0 aliphatic carbocycles. The predicted molar refractivity (Wildman–Crippen MR) is 81.5 cm³/mol. The average Bonchev–Trinajstić information content (AvgIpc) is 2.34. The summed E-state index contributed by atoms with van der Waals surface area (Å²) in [4.78, 5) is 8.31. The maximum atomic E-state index is 5.68. The molecule has 100 valence electrons. The largest absolute Gasteiger partial charge is 0.373 e. The lowest BCUT2D eigenvalue weighted by Crippen LogP contribution is -2.00. The lowest BCUT2D eigenvalue weighted by Gasteiger charge is -2.06. The van der Waals surface area contributed by atoms with Gasteiger partial charge in [0.2, 0.25) is 5.95 Å². The smallest absolute Gasteiger partial charge is 0.223 e. The Labute approximate surface area is 117 Å². The first kappa shape index (κ1) is 13.7. The number of hydrogen-bond donors (Lipinski definition) is 2. The van der Waals surface area contributed by atoms with E-state index in [0.717, 1.165) is 16.6 Å². The Kier molecular flexibility index (Phi) is 4.27. The van der Waals surface area contributed by atoms with Crippen molar-refractivity contribution in [3.05, 3.63) is 41.0 Å². The van der Waals surface area contributed by atoms with Crippen molar-refractivity contribution in [2.24, 2.45) is 0 Å². The lowest BCUT2D eigenvalue weighted by molar-refractivity contribution is 1.06. The molecule has 0 saturated heterocycles. The van der Waals surface area contributed by atoms with Crippen LogP contribution in [-0.4, -0.2) is 17.0 Å². The Hall–Kier alpha value is -1.75. The van der Waals surface area contributed by atoms with E-state index in [4.69, 9.17) is 5.73 Å². The fraction of sp³-hybridized carbons (Fsp3) is 0.286. The van der Waals surface area contributed by atoms with Crippen molar-refractivity contribution in [2.45, 2.75) is 24.6 Å². The molecule has 0 spiro atoms. The van der Waals surface area contributed by atoms with Crippen LogP contribution in [0.15, 0.2) is 29.3 Å². The number of benzene rings is 1. The molecule has 1 aromatic heterocycles. The molecule has 1 aromatic carbocycles. The Morgan fingerprint density at radius 1 is 1.11 bits per heavy atom. The van der Waals surface area contributed by atoms with Gasteiger partial charge in [0, 0.05) is 18.9 Å². The molecule has 0 aliphatic rings. The topological polar surface area (TPSA) is 63.8 Å². The molecule has 0 fully saturated rings. The molecule has 3 N–H and O–H groups in total. The van der Waals surface area contributed by atoms with Gasteiger partial charge in [0.05, 0.1) is 0 Å². The van der Waals surface area contributed by atoms with Crippen LogP contribution in [0.4, 0.5) is 11.8 Å². The van der Waals surface area contributed by atoms with Gasteiger partial charge in [-0.2, -0.15) is 4.98 Å². The standard InChI is InChI=1S/C14H18N4S/c1-9-4-10(2)6-11(5-9)8-19-13-7-12(16-3)17-14(15)18-13/h4-7H,8H2,1-3H3,(H3,15,16,17,18). The fourth-order valence-corrected chi connectivity index (χ4v) is 2.79. The summed E-state index contributed by atoms with van der Waals surface area (Å²) in [7, 11) is 1.82. The zero-order valence-electron chi connectivity index (χ0n) is 11.4. The highest BCUT2D eigenvalue weighted by molar-refractivity contribution is 7.98. The molecule has 19 heavy (non-hydrogen) atoms. The van der Waals surface area contributed by atoms with Crippen LogP contribution in [0, 0.1) is 13.8 Å². The van der Waals surface area contributed by atoms with Crippen molar-refractivity contribution in [1.29, 1.82) is 0 Å². The van der Waals surface area contributed by atoms with Crippen LogP contribution in [0.2, 0.25) is 0 Å². The maximum absolute atomic E-state index is 5.68. The van der Waals surface area contributed by atoms with Crippen molar-refractivity contribution < 1.29 is 0 Å². The monoisotopic (exact) mass is 274 g/mol. The van der Waals surface area contributed by atoms with Crippen LogP contribution in [-0.2, 0) is 5.75 Å². The van der Waals surface area contributed by atoms with Gasteiger partial charge in [0.15, 0.2) is 0 Å². The second kappa shape index (κ2) is 5.93. The third-order valence-electron chi connectivity index (χ3n) is 2.64. The van der Waals surface area contributed by atoms with Gasteiger partial charge >= 0.3 is 0 Å². The first-order valence-electron chi connectivity index (χ1n) is 6.09. The van der Waals surface area contributed by atoms with E-state index < -0.39 is 0 Å². The molecule has 1 heterocycles. The maximum Gasteiger partial charge on any atom is 0.223 e. The minimum Gasteiger partial charge on any atom is -0.373 e. The van der Waals surface area contributed by atoms with Gasteiger partial charge in [0.25, 0.3) is 0 Å². The number of rotatable bonds is 4. The number of nitrogen functional groups attached to an aromatic ring is 1. The quantitative estimate of drug-likeness (QED) is 0.663. The highest BCUT2D eigenvalue weighted by Crippen LogP contribution is 2.24. The molecular weight excluding hydrogens is 256 g/mol. The zero-order chi connectivity index (χ0) is 13.8. The van der Waals surface area contributed by atoms with Crippen LogP contribution in [0.3, 0.4) is 0 Å². The summed E-state index contributed by atoms with van der Waals surface area (Å²) in [6.07, 6.45) is 0. The molecule has 2 aromatic rings. The summed E-state index contributed by atoms with van der Waals surface area (Å²) in [6, 6.07) is 8.48. The van der Waals surface area contributed by atoms with Gasteiger partial charge in [-0.3, -0.25) is 0 Å². The van der Waals surface area contributed by atoms with Crippen LogP contribution in [0.5, 0.6) is 0 Å². The first-order chi connectivity index (χ1) is 9.06. The van der Waals surface area contributed by atoms with Crippen LogP contribution in [0.1, 0.15) is 16.7 Å². The number of hydrogen-bond acceptors (Lipinski definition) is 5. The van der Waals surface area contributed by atoms with Crippen molar-refractivity contribution in [1.82, 2.24) is 9.97 Å². The van der Waals surface area contributed by atoms with Gasteiger partial charge in [-0.25, -0.2) is 4.98 Å². The summed E-state index contributed by atoms with van der Waals surface area (Å²) in [6.45, 7) is 4.23. The van der Waals surface area contributed by atoms with E-state index in [2.05, 4.69) is 47.3 Å². The number of nitrogens with zero attached hydrogens (tertiary/aromatic N) is 2. The highest BCUT2D eigenvalue weighted by Gasteiger charge is 2.03. The molecule has 0 atom stereocenters. The number of anilines is 2. The molecule has 5 heteroatoms. The fourth-order valence-electron chi connectivity index (χ4n) is 1.95. The van der Waals surface area contributed by atoms with E-state index in [9.17, 15) is 0 Å². The SMILES string of the molecule is CNc1cc(SCc2cc(C)cc(C)c2)nc(N)n1. The molecule has 2 rings (SSSR count). The molecule has 0 aliphatic heterocycles. The second-order valence-electron chi connectivity index (χ2n) is 4.48. The summed E-state index contributed by atoms with van der Waals surface area (Å²) in [5, 5.41) is 3.87. The van der Waals surface area contributed by atoms with Gasteiger partial charge in [0.1, 0.15) is 10.8 Å². The lowest BCUT2D eigenvalue weighted by atomic mass is 10.1. The minimum absolute atomic E-state index is 0.301. The average molecular weight is 274 g/mol.